The van der Waals surface area contributed by atoms with E-state index in [1.165, 1.54) is 42.3 Å². The van der Waals surface area contributed by atoms with Gasteiger partial charge in [-0.3, -0.25) is 10.1 Å². The van der Waals surface area contributed by atoms with Crippen LogP contribution in [0.4, 0.5) is 14.3 Å². The fourth-order valence-corrected chi connectivity index (χ4v) is 2.89. The molecule has 6 nitrogen and oxygen atoms in total. The molecule has 2 aromatic rings. The number of carbonyl (C=O) groups is 2. The Labute approximate surface area is 142 Å². The molecule has 0 aliphatic heterocycles. The normalized spacial score (nSPS) is 11.8. The minimum atomic E-state index is -0.957. The van der Waals surface area contributed by atoms with Crippen molar-refractivity contribution in [3.63, 3.8) is 0 Å². The lowest BCUT2D eigenvalue weighted by Crippen LogP contribution is -2.36. The Morgan fingerprint density at radius 3 is 2.88 bits per heavy atom. The van der Waals surface area contributed by atoms with Crippen LogP contribution in [-0.2, 0) is 11.2 Å². The number of carbonyl (C=O) groups excluding carboxylic acids is 1. The van der Waals surface area contributed by atoms with Gasteiger partial charge in [0.2, 0.25) is 0 Å². The summed E-state index contributed by atoms with van der Waals surface area (Å²) >= 11 is 1.30. The number of hydrogen-bond donors (Lipinski definition) is 2. The summed E-state index contributed by atoms with van der Waals surface area (Å²) in [5.41, 5.74) is 0.823. The third kappa shape index (κ3) is 5.02. The van der Waals surface area contributed by atoms with Gasteiger partial charge >= 0.3 is 12.0 Å². The number of nitrogens with one attached hydrogen (secondary N) is 1. The van der Waals surface area contributed by atoms with Crippen molar-refractivity contribution < 1.29 is 19.1 Å². The largest absolute Gasteiger partial charge is 0.481 e. The standard InChI is InChI=1S/C16H18FN3O3S/c1-10(14(21)22)9-20(2)16(23)19-15-18-8-13(24-15)7-11-4-3-5-12(17)6-11/h3-6,8,10H,7,9H2,1-2H3,(H,21,22)(H,18,19,23). The van der Waals surface area contributed by atoms with Gasteiger partial charge in [0, 0.05) is 31.1 Å². The molecule has 1 heterocycles. The first kappa shape index (κ1) is 17.9. The minimum Gasteiger partial charge on any atom is -0.481 e. The van der Waals surface area contributed by atoms with Crippen molar-refractivity contribution >= 4 is 28.5 Å². The average Bonchev–Trinajstić information content (AvgIpc) is 2.94. The second-order valence-corrected chi connectivity index (χ2v) is 6.60. The highest BCUT2D eigenvalue weighted by molar-refractivity contribution is 7.15. The molecular weight excluding hydrogens is 333 g/mol. The number of urea groups is 1. The molecule has 2 N–H and O–H groups in total. The van der Waals surface area contributed by atoms with Crippen LogP contribution in [0.3, 0.4) is 0 Å². The van der Waals surface area contributed by atoms with Crippen LogP contribution in [-0.4, -0.2) is 40.6 Å². The van der Waals surface area contributed by atoms with Crippen molar-refractivity contribution in [2.45, 2.75) is 13.3 Å². The number of amides is 2. The van der Waals surface area contributed by atoms with E-state index in [0.29, 0.717) is 11.6 Å². The molecule has 1 atom stereocenters. The Morgan fingerprint density at radius 1 is 1.46 bits per heavy atom. The Hall–Kier alpha value is -2.48. The third-order valence-electron chi connectivity index (χ3n) is 3.35. The summed E-state index contributed by atoms with van der Waals surface area (Å²) in [6, 6.07) is 5.89. The maximum atomic E-state index is 13.2. The number of aromatic nitrogens is 1. The van der Waals surface area contributed by atoms with Gasteiger partial charge in [-0.2, -0.15) is 0 Å². The topological polar surface area (TPSA) is 82.5 Å². The predicted octanol–water partition coefficient (Wildman–Crippen LogP) is 3.06. The van der Waals surface area contributed by atoms with E-state index < -0.39 is 17.9 Å². The highest BCUT2D eigenvalue weighted by Gasteiger charge is 2.18. The molecule has 24 heavy (non-hydrogen) atoms. The molecule has 0 saturated carbocycles. The Morgan fingerprint density at radius 2 is 2.21 bits per heavy atom. The molecule has 1 unspecified atom stereocenters. The van der Waals surface area contributed by atoms with Gasteiger partial charge < -0.3 is 10.0 Å². The number of hydrogen-bond acceptors (Lipinski definition) is 4. The monoisotopic (exact) mass is 351 g/mol. The molecule has 2 rings (SSSR count). The van der Waals surface area contributed by atoms with E-state index in [-0.39, 0.29) is 12.4 Å². The van der Waals surface area contributed by atoms with Crippen LogP contribution in [0, 0.1) is 11.7 Å². The van der Waals surface area contributed by atoms with Crippen LogP contribution in [0.2, 0.25) is 0 Å². The highest BCUT2D eigenvalue weighted by atomic mass is 32.1. The SMILES string of the molecule is CC(CN(C)C(=O)Nc1ncc(Cc2cccc(F)c2)s1)C(=O)O. The number of halogens is 1. The molecule has 0 spiro atoms. The van der Waals surface area contributed by atoms with Gasteiger partial charge in [-0.05, 0) is 17.7 Å². The number of thiazole rings is 1. The smallest absolute Gasteiger partial charge is 0.323 e. The Kier molecular flexibility index (Phi) is 5.86. The quantitative estimate of drug-likeness (QED) is 0.838. The van der Waals surface area contributed by atoms with Crippen molar-refractivity contribution in [3.8, 4) is 0 Å². The fourth-order valence-electron chi connectivity index (χ4n) is 2.05. The predicted molar refractivity (Wildman–Crippen MR) is 89.8 cm³/mol. The molecule has 0 aliphatic carbocycles. The lowest BCUT2D eigenvalue weighted by molar-refractivity contribution is -0.141. The molecule has 0 bridgehead atoms. The number of anilines is 1. The van der Waals surface area contributed by atoms with Crippen LogP contribution in [0.5, 0.6) is 0 Å². The van der Waals surface area contributed by atoms with Gasteiger partial charge in [-0.15, -0.1) is 11.3 Å². The van der Waals surface area contributed by atoms with E-state index in [4.69, 9.17) is 5.11 Å². The van der Waals surface area contributed by atoms with Crippen LogP contribution < -0.4 is 5.32 Å². The average molecular weight is 351 g/mol. The van der Waals surface area contributed by atoms with Gasteiger partial charge in [-0.25, -0.2) is 14.2 Å². The summed E-state index contributed by atoms with van der Waals surface area (Å²) in [6.45, 7) is 1.63. The van der Waals surface area contributed by atoms with Gasteiger partial charge in [0.15, 0.2) is 5.13 Å². The van der Waals surface area contributed by atoms with Crippen molar-refractivity contribution in [1.29, 1.82) is 0 Å². The lowest BCUT2D eigenvalue weighted by atomic mass is 10.1. The third-order valence-corrected chi connectivity index (χ3v) is 4.26. The summed E-state index contributed by atoms with van der Waals surface area (Å²) in [6.07, 6.45) is 2.16. The molecule has 0 fully saturated rings. The van der Waals surface area contributed by atoms with Gasteiger partial charge in [-0.1, -0.05) is 19.1 Å². The number of nitrogens with zero attached hydrogens (tertiary/aromatic N) is 2. The van der Waals surface area contributed by atoms with Crippen LogP contribution in [0.15, 0.2) is 30.5 Å². The zero-order valence-electron chi connectivity index (χ0n) is 13.3. The van der Waals surface area contributed by atoms with Crippen LogP contribution in [0.25, 0.3) is 0 Å². The van der Waals surface area contributed by atoms with Gasteiger partial charge in [0.05, 0.1) is 5.92 Å². The van der Waals surface area contributed by atoms with Crippen LogP contribution >= 0.6 is 11.3 Å². The molecular formula is C16H18FN3O3S. The number of benzene rings is 1. The first-order chi connectivity index (χ1) is 11.3. The summed E-state index contributed by atoms with van der Waals surface area (Å²) in [4.78, 5) is 29.1. The van der Waals surface area contributed by atoms with E-state index in [0.717, 1.165) is 10.4 Å². The zero-order valence-corrected chi connectivity index (χ0v) is 14.1. The molecule has 8 heteroatoms. The summed E-state index contributed by atoms with van der Waals surface area (Å²) in [5.74, 6) is -1.90. The Balaban J connectivity index is 1.93. The van der Waals surface area contributed by atoms with E-state index in [2.05, 4.69) is 10.3 Å². The number of carboxylic acid groups (broad SMARTS) is 1. The van der Waals surface area contributed by atoms with Gasteiger partial charge in [0.25, 0.3) is 0 Å². The second-order valence-electron chi connectivity index (χ2n) is 5.49. The molecule has 1 aromatic carbocycles. The minimum absolute atomic E-state index is 0.0999. The summed E-state index contributed by atoms with van der Waals surface area (Å²) < 4.78 is 13.2. The molecule has 1 aromatic heterocycles. The van der Waals surface area contributed by atoms with E-state index in [9.17, 15) is 14.0 Å². The van der Waals surface area contributed by atoms with Crippen LogP contribution in [0.1, 0.15) is 17.4 Å². The van der Waals surface area contributed by atoms with E-state index in [1.807, 2.05) is 6.07 Å². The number of carboxylic acids is 1. The summed E-state index contributed by atoms with van der Waals surface area (Å²) in [5, 5.41) is 11.9. The van der Waals surface area contributed by atoms with E-state index >= 15 is 0 Å². The van der Waals surface area contributed by atoms with Crippen molar-refractivity contribution in [1.82, 2.24) is 9.88 Å². The molecule has 128 valence electrons. The first-order valence-corrected chi connectivity index (χ1v) is 8.11. The molecule has 0 aliphatic rings. The maximum absolute atomic E-state index is 13.2. The second kappa shape index (κ2) is 7.87. The van der Waals surface area contributed by atoms with Gasteiger partial charge in [0.1, 0.15) is 5.82 Å². The van der Waals surface area contributed by atoms with Crippen molar-refractivity contribution in [2.24, 2.45) is 5.92 Å². The van der Waals surface area contributed by atoms with Crippen molar-refractivity contribution in [2.75, 3.05) is 18.9 Å². The molecule has 0 saturated heterocycles. The van der Waals surface area contributed by atoms with Crippen molar-refractivity contribution in [3.05, 3.63) is 46.7 Å². The zero-order chi connectivity index (χ0) is 17.7. The maximum Gasteiger partial charge on any atom is 0.323 e. The highest BCUT2D eigenvalue weighted by Crippen LogP contribution is 2.21. The fraction of sp³-hybridized carbons (Fsp3) is 0.312. The lowest BCUT2D eigenvalue weighted by Gasteiger charge is -2.19. The summed E-state index contributed by atoms with van der Waals surface area (Å²) in [7, 11) is 1.52. The number of aliphatic carboxylic acids is 1. The van der Waals surface area contributed by atoms with E-state index in [1.54, 1.807) is 12.3 Å². The Bertz CT molecular complexity index is 735. The number of rotatable bonds is 6. The molecule has 0 radical (unpaired) electrons. The molecule has 2 amide bonds. The first-order valence-electron chi connectivity index (χ1n) is 7.29.